The Balaban J connectivity index is 1.09. The predicted molar refractivity (Wildman–Crippen MR) is 204 cm³/mol. The Morgan fingerprint density at radius 1 is 0.469 bits per heavy atom. The molecular formula is C46H36N2O. The minimum Gasteiger partial charge on any atom is -0.508 e. The summed E-state index contributed by atoms with van der Waals surface area (Å²) >= 11 is 0. The molecule has 0 aliphatic carbocycles. The molecule has 1 heterocycles. The number of hydrogen-bond acceptors (Lipinski definition) is 2. The van der Waals surface area contributed by atoms with Crippen LogP contribution in [0, 0.1) is 6.92 Å². The lowest BCUT2D eigenvalue weighted by Gasteiger charge is -2.26. The van der Waals surface area contributed by atoms with E-state index >= 15 is 0 Å². The topological polar surface area (TPSA) is 28.4 Å². The van der Waals surface area contributed by atoms with Crippen molar-refractivity contribution >= 4 is 28.0 Å². The highest BCUT2D eigenvalue weighted by molar-refractivity contribution is 5.88. The molecule has 0 bridgehead atoms. The Morgan fingerprint density at radius 2 is 0.939 bits per heavy atom. The van der Waals surface area contributed by atoms with Crippen molar-refractivity contribution in [3.05, 3.63) is 199 Å². The van der Waals surface area contributed by atoms with Gasteiger partial charge in [0.2, 0.25) is 0 Å². The highest BCUT2D eigenvalue weighted by Gasteiger charge is 2.17. The maximum absolute atomic E-state index is 10.5. The number of anilines is 3. The van der Waals surface area contributed by atoms with Crippen LogP contribution in [0.15, 0.2) is 182 Å². The lowest BCUT2D eigenvalue weighted by Crippen LogP contribution is -2.09. The number of aromatic nitrogens is 1. The molecule has 0 aliphatic heterocycles. The molecule has 0 amide bonds. The van der Waals surface area contributed by atoms with E-state index in [1.165, 1.54) is 33.3 Å². The number of phenols is 1. The summed E-state index contributed by atoms with van der Waals surface area (Å²) in [5.41, 5.74) is 13.7. The fourth-order valence-electron chi connectivity index (χ4n) is 6.90. The zero-order chi connectivity index (χ0) is 33.2. The number of phenolic OH excluding ortho intramolecular Hbond substituents is 1. The second-order valence-electron chi connectivity index (χ2n) is 12.4. The summed E-state index contributed by atoms with van der Waals surface area (Å²) in [7, 11) is 0. The van der Waals surface area contributed by atoms with E-state index in [0.29, 0.717) is 12.2 Å². The average molecular weight is 633 g/mol. The van der Waals surface area contributed by atoms with Gasteiger partial charge in [-0.15, -0.1) is 0 Å². The van der Waals surface area contributed by atoms with Gasteiger partial charge in [-0.3, -0.25) is 0 Å². The van der Waals surface area contributed by atoms with E-state index in [9.17, 15) is 5.11 Å². The second-order valence-corrected chi connectivity index (χ2v) is 12.4. The van der Waals surface area contributed by atoms with Crippen molar-refractivity contribution in [2.24, 2.45) is 0 Å². The Bertz CT molecular complexity index is 2340. The highest BCUT2D eigenvalue weighted by Crippen LogP contribution is 2.37. The van der Waals surface area contributed by atoms with Crippen LogP contribution < -0.4 is 4.90 Å². The SMILES string of the molecule is Cc1c(Cc2ccccc2O)c2ccccc2n1-c1ccc(-c2ccc(N(c3ccccc3)c3ccc(-c4ccccc4)cc3)cc2)cc1. The number of para-hydroxylation sites is 3. The summed E-state index contributed by atoms with van der Waals surface area (Å²) in [6.07, 6.45) is 0.674. The van der Waals surface area contributed by atoms with Crippen LogP contribution in [0.25, 0.3) is 38.8 Å². The number of rotatable bonds is 8. The summed E-state index contributed by atoms with van der Waals surface area (Å²) in [5.74, 6) is 0.335. The van der Waals surface area contributed by atoms with Crippen LogP contribution >= 0.6 is 0 Å². The first-order chi connectivity index (χ1) is 24.1. The standard InChI is InChI=1S/C46H36N2O/c1-33-44(32-38-14-8-11-19-46(38)49)43-17-9-10-18-45(43)47(33)40-26-20-36(21-27-40)37-24-30-42(31-25-37)48(39-15-6-3-7-16-39)41-28-22-35(23-29-41)34-12-4-2-5-13-34/h2-31,49H,32H2,1H3. The van der Waals surface area contributed by atoms with Crippen molar-refractivity contribution < 1.29 is 5.11 Å². The minimum atomic E-state index is 0.335. The number of benzene rings is 7. The van der Waals surface area contributed by atoms with Crippen LogP contribution in [-0.2, 0) is 6.42 Å². The highest BCUT2D eigenvalue weighted by atomic mass is 16.3. The van der Waals surface area contributed by atoms with E-state index in [1.54, 1.807) is 6.07 Å². The largest absolute Gasteiger partial charge is 0.508 e. The van der Waals surface area contributed by atoms with Gasteiger partial charge in [-0.2, -0.15) is 0 Å². The molecular weight excluding hydrogens is 597 g/mol. The Kier molecular flexibility index (Phi) is 8.01. The fraction of sp³-hybridized carbons (Fsp3) is 0.0435. The number of hydrogen-bond donors (Lipinski definition) is 1. The molecule has 0 unspecified atom stereocenters. The van der Waals surface area contributed by atoms with Gasteiger partial charge in [-0.25, -0.2) is 0 Å². The molecule has 0 radical (unpaired) electrons. The van der Waals surface area contributed by atoms with Crippen LogP contribution in [-0.4, -0.2) is 9.67 Å². The minimum absolute atomic E-state index is 0.335. The molecule has 0 aliphatic rings. The molecule has 49 heavy (non-hydrogen) atoms. The molecule has 1 N–H and O–H groups in total. The molecule has 0 fully saturated rings. The maximum atomic E-state index is 10.5. The first-order valence-corrected chi connectivity index (χ1v) is 16.7. The summed E-state index contributed by atoms with van der Waals surface area (Å²) in [4.78, 5) is 2.30. The molecule has 0 saturated carbocycles. The zero-order valence-electron chi connectivity index (χ0n) is 27.4. The van der Waals surface area contributed by atoms with E-state index in [4.69, 9.17) is 0 Å². The molecule has 1 aromatic heterocycles. The normalized spacial score (nSPS) is 11.1. The van der Waals surface area contributed by atoms with Crippen LogP contribution in [0.1, 0.15) is 16.8 Å². The van der Waals surface area contributed by atoms with Gasteiger partial charge >= 0.3 is 0 Å². The van der Waals surface area contributed by atoms with E-state index < -0.39 is 0 Å². The van der Waals surface area contributed by atoms with Crippen molar-refractivity contribution in [3.8, 4) is 33.7 Å². The van der Waals surface area contributed by atoms with Crippen molar-refractivity contribution in [3.63, 3.8) is 0 Å². The van der Waals surface area contributed by atoms with Gasteiger partial charge in [-0.05, 0) is 101 Å². The second kappa shape index (κ2) is 13.1. The molecule has 7 aromatic carbocycles. The summed E-state index contributed by atoms with van der Waals surface area (Å²) in [6, 6.07) is 63.6. The number of aromatic hydroxyl groups is 1. The van der Waals surface area contributed by atoms with Gasteiger partial charge in [0.15, 0.2) is 0 Å². The van der Waals surface area contributed by atoms with Gasteiger partial charge in [0.1, 0.15) is 5.75 Å². The first kappa shape index (κ1) is 30.0. The van der Waals surface area contributed by atoms with Crippen LogP contribution in [0.2, 0.25) is 0 Å². The third kappa shape index (κ3) is 5.88. The third-order valence-electron chi connectivity index (χ3n) is 9.43. The maximum Gasteiger partial charge on any atom is 0.119 e. The van der Waals surface area contributed by atoms with Crippen molar-refractivity contribution in [2.75, 3.05) is 4.90 Å². The summed E-state index contributed by atoms with van der Waals surface area (Å²) in [6.45, 7) is 2.18. The molecule has 8 aromatic rings. The Hall–Kier alpha value is -6.32. The van der Waals surface area contributed by atoms with Crippen molar-refractivity contribution in [2.45, 2.75) is 13.3 Å². The predicted octanol–water partition coefficient (Wildman–Crippen LogP) is 12.0. The van der Waals surface area contributed by atoms with E-state index in [-0.39, 0.29) is 0 Å². The zero-order valence-corrected chi connectivity index (χ0v) is 27.4. The molecule has 8 rings (SSSR count). The van der Waals surface area contributed by atoms with Gasteiger partial charge in [0, 0.05) is 40.3 Å². The van der Waals surface area contributed by atoms with E-state index in [0.717, 1.165) is 39.4 Å². The summed E-state index contributed by atoms with van der Waals surface area (Å²) < 4.78 is 2.33. The quantitative estimate of drug-likeness (QED) is 0.181. The molecule has 0 spiro atoms. The van der Waals surface area contributed by atoms with Crippen LogP contribution in [0.4, 0.5) is 17.1 Å². The number of nitrogens with zero attached hydrogens (tertiary/aromatic N) is 2. The van der Waals surface area contributed by atoms with Crippen LogP contribution in [0.5, 0.6) is 5.75 Å². The van der Waals surface area contributed by atoms with Gasteiger partial charge < -0.3 is 14.6 Å². The van der Waals surface area contributed by atoms with E-state index in [2.05, 4.69) is 168 Å². The molecule has 0 atom stereocenters. The van der Waals surface area contributed by atoms with Crippen molar-refractivity contribution in [1.29, 1.82) is 0 Å². The molecule has 0 saturated heterocycles. The Labute approximate surface area is 287 Å². The third-order valence-corrected chi connectivity index (χ3v) is 9.43. The Morgan fingerprint density at radius 3 is 1.55 bits per heavy atom. The smallest absolute Gasteiger partial charge is 0.119 e. The van der Waals surface area contributed by atoms with Crippen LogP contribution in [0.3, 0.4) is 0 Å². The monoisotopic (exact) mass is 632 g/mol. The first-order valence-electron chi connectivity index (χ1n) is 16.7. The molecule has 3 heteroatoms. The molecule has 236 valence electrons. The summed E-state index contributed by atoms with van der Waals surface area (Å²) in [5, 5.41) is 11.7. The number of fused-ring (bicyclic) bond motifs is 1. The van der Waals surface area contributed by atoms with Crippen molar-refractivity contribution in [1.82, 2.24) is 4.57 Å². The lowest BCUT2D eigenvalue weighted by atomic mass is 10.0. The van der Waals surface area contributed by atoms with Gasteiger partial charge in [0.25, 0.3) is 0 Å². The fourth-order valence-corrected chi connectivity index (χ4v) is 6.90. The molecule has 3 nitrogen and oxygen atoms in total. The van der Waals surface area contributed by atoms with Gasteiger partial charge in [-0.1, -0.05) is 121 Å². The van der Waals surface area contributed by atoms with Gasteiger partial charge in [0.05, 0.1) is 5.52 Å². The average Bonchev–Trinajstić information content (AvgIpc) is 3.44. The van der Waals surface area contributed by atoms with E-state index in [1.807, 2.05) is 24.3 Å². The lowest BCUT2D eigenvalue weighted by molar-refractivity contribution is 0.469.